The molecule has 0 radical (unpaired) electrons. The third kappa shape index (κ3) is 5.04. The number of amides is 1. The summed E-state index contributed by atoms with van der Waals surface area (Å²) >= 11 is 0. The van der Waals surface area contributed by atoms with Gasteiger partial charge in [0.2, 0.25) is 15.9 Å². The van der Waals surface area contributed by atoms with Crippen molar-refractivity contribution in [1.29, 1.82) is 0 Å². The van der Waals surface area contributed by atoms with Gasteiger partial charge in [-0.1, -0.05) is 26.0 Å². The summed E-state index contributed by atoms with van der Waals surface area (Å²) < 4.78 is 40.5. The zero-order valence-electron chi connectivity index (χ0n) is 12.9. The minimum absolute atomic E-state index is 0.281. The molecule has 1 aromatic carbocycles. The Hall–Kier alpha value is -1.51. The molecule has 0 saturated carbocycles. The van der Waals surface area contributed by atoms with Crippen molar-refractivity contribution in [3.63, 3.8) is 0 Å². The summed E-state index contributed by atoms with van der Waals surface area (Å²) in [5, 5.41) is 5.50. The number of hydrogen-bond acceptors (Lipinski definition) is 4. The summed E-state index contributed by atoms with van der Waals surface area (Å²) in [4.78, 5) is 11.6. The van der Waals surface area contributed by atoms with E-state index in [4.69, 9.17) is 0 Å². The van der Waals surface area contributed by atoms with Crippen molar-refractivity contribution in [2.75, 3.05) is 20.1 Å². The quantitative estimate of drug-likeness (QED) is 0.604. The molecule has 0 saturated heterocycles. The average Bonchev–Trinajstić information content (AvgIpc) is 2.45. The second kappa shape index (κ2) is 8.21. The standard InChI is InChI=1S/C14H22FN3O3S/c1-10(2)13(14(19)17-9-8-16-3)18-22(20,21)12-7-5-4-6-11(12)15/h4-7,10,13,16,18H,8-9H2,1-3H3,(H,17,19). The van der Waals surface area contributed by atoms with Crippen molar-refractivity contribution in [1.82, 2.24) is 15.4 Å². The van der Waals surface area contributed by atoms with Crippen molar-refractivity contribution in [3.05, 3.63) is 30.1 Å². The van der Waals surface area contributed by atoms with E-state index in [2.05, 4.69) is 15.4 Å². The lowest BCUT2D eigenvalue weighted by Gasteiger charge is -2.21. The fourth-order valence-electron chi connectivity index (χ4n) is 1.81. The molecule has 0 fully saturated rings. The third-order valence-corrected chi connectivity index (χ3v) is 4.51. The van der Waals surface area contributed by atoms with Crippen molar-refractivity contribution in [3.8, 4) is 0 Å². The molecule has 0 heterocycles. The third-order valence-electron chi connectivity index (χ3n) is 3.03. The fraction of sp³-hybridized carbons (Fsp3) is 0.500. The maximum absolute atomic E-state index is 13.7. The Morgan fingerprint density at radius 2 is 1.86 bits per heavy atom. The monoisotopic (exact) mass is 331 g/mol. The first-order valence-electron chi connectivity index (χ1n) is 6.98. The highest BCUT2D eigenvalue weighted by Gasteiger charge is 2.29. The van der Waals surface area contributed by atoms with Gasteiger partial charge in [-0.05, 0) is 25.1 Å². The zero-order chi connectivity index (χ0) is 16.8. The Morgan fingerprint density at radius 1 is 1.23 bits per heavy atom. The van der Waals surface area contributed by atoms with Crippen LogP contribution in [0.3, 0.4) is 0 Å². The first-order valence-corrected chi connectivity index (χ1v) is 8.47. The topological polar surface area (TPSA) is 87.3 Å². The molecular formula is C14H22FN3O3S. The molecule has 1 atom stereocenters. The van der Waals surface area contributed by atoms with Gasteiger partial charge >= 0.3 is 0 Å². The molecule has 1 rings (SSSR count). The lowest BCUT2D eigenvalue weighted by atomic mass is 10.1. The van der Waals surface area contributed by atoms with E-state index in [0.717, 1.165) is 12.1 Å². The lowest BCUT2D eigenvalue weighted by Crippen LogP contribution is -2.50. The normalized spacial score (nSPS) is 13.1. The van der Waals surface area contributed by atoms with E-state index in [0.29, 0.717) is 13.1 Å². The molecule has 6 nitrogen and oxygen atoms in total. The molecule has 0 bridgehead atoms. The highest BCUT2D eigenvalue weighted by Crippen LogP contribution is 2.15. The Kier molecular flexibility index (Phi) is 6.92. The van der Waals surface area contributed by atoms with Gasteiger partial charge in [-0.3, -0.25) is 4.79 Å². The van der Waals surface area contributed by atoms with Crippen LogP contribution < -0.4 is 15.4 Å². The first kappa shape index (κ1) is 18.5. The summed E-state index contributed by atoms with van der Waals surface area (Å²) in [6, 6.07) is 4.08. The van der Waals surface area contributed by atoms with Gasteiger partial charge in [0.1, 0.15) is 16.8 Å². The van der Waals surface area contributed by atoms with E-state index < -0.39 is 32.7 Å². The Balaban J connectivity index is 2.91. The molecule has 1 amide bonds. The van der Waals surface area contributed by atoms with E-state index >= 15 is 0 Å². The highest BCUT2D eigenvalue weighted by atomic mass is 32.2. The highest BCUT2D eigenvalue weighted by molar-refractivity contribution is 7.89. The van der Waals surface area contributed by atoms with Gasteiger partial charge in [-0.25, -0.2) is 12.8 Å². The molecule has 3 N–H and O–H groups in total. The molecule has 0 aromatic heterocycles. The largest absolute Gasteiger partial charge is 0.353 e. The number of hydrogen-bond donors (Lipinski definition) is 3. The molecule has 0 spiro atoms. The van der Waals surface area contributed by atoms with Crippen LogP contribution in [0.2, 0.25) is 0 Å². The van der Waals surface area contributed by atoms with E-state index in [9.17, 15) is 17.6 Å². The maximum atomic E-state index is 13.7. The van der Waals surface area contributed by atoms with Crippen LogP contribution in [-0.4, -0.2) is 40.5 Å². The summed E-state index contributed by atoms with van der Waals surface area (Å²) in [7, 11) is -2.37. The van der Waals surface area contributed by atoms with Gasteiger partial charge in [0.05, 0.1) is 0 Å². The second-order valence-electron chi connectivity index (χ2n) is 5.17. The number of nitrogens with one attached hydrogen (secondary N) is 3. The number of carbonyl (C=O) groups excluding carboxylic acids is 1. The van der Waals surface area contributed by atoms with Gasteiger partial charge in [-0.2, -0.15) is 4.72 Å². The average molecular weight is 331 g/mol. The van der Waals surface area contributed by atoms with Crippen LogP contribution >= 0.6 is 0 Å². The van der Waals surface area contributed by atoms with Crippen LogP contribution in [0.15, 0.2) is 29.2 Å². The van der Waals surface area contributed by atoms with Crippen molar-refractivity contribution in [2.45, 2.75) is 24.8 Å². The molecule has 0 aliphatic rings. The van der Waals surface area contributed by atoms with Gasteiger partial charge < -0.3 is 10.6 Å². The Bertz CT molecular complexity index is 605. The summed E-state index contributed by atoms with van der Waals surface area (Å²) in [5.41, 5.74) is 0. The first-order chi connectivity index (χ1) is 10.3. The number of halogens is 1. The van der Waals surface area contributed by atoms with Crippen molar-refractivity contribution in [2.24, 2.45) is 5.92 Å². The van der Waals surface area contributed by atoms with Crippen LogP contribution in [0.4, 0.5) is 4.39 Å². The number of benzene rings is 1. The predicted octanol–water partition coefficient (Wildman–Crippen LogP) is 0.464. The van der Waals surface area contributed by atoms with Crippen LogP contribution in [0.25, 0.3) is 0 Å². The zero-order valence-corrected chi connectivity index (χ0v) is 13.7. The summed E-state index contributed by atoms with van der Waals surface area (Å²) in [6.45, 7) is 4.37. The Labute approximate surface area is 130 Å². The van der Waals surface area contributed by atoms with E-state index in [1.54, 1.807) is 20.9 Å². The molecule has 124 valence electrons. The minimum Gasteiger partial charge on any atom is -0.353 e. The fourth-order valence-corrected chi connectivity index (χ4v) is 3.23. The van der Waals surface area contributed by atoms with Crippen LogP contribution in [0.1, 0.15) is 13.8 Å². The number of sulfonamides is 1. The second-order valence-corrected chi connectivity index (χ2v) is 6.85. The molecule has 8 heteroatoms. The summed E-state index contributed by atoms with van der Waals surface area (Å²) in [6.07, 6.45) is 0. The SMILES string of the molecule is CNCCNC(=O)C(NS(=O)(=O)c1ccccc1F)C(C)C. The molecule has 22 heavy (non-hydrogen) atoms. The maximum Gasteiger partial charge on any atom is 0.244 e. The van der Waals surface area contributed by atoms with E-state index in [-0.39, 0.29) is 5.92 Å². The smallest absolute Gasteiger partial charge is 0.244 e. The van der Waals surface area contributed by atoms with Gasteiger partial charge in [0.25, 0.3) is 0 Å². The predicted molar refractivity (Wildman–Crippen MR) is 82.3 cm³/mol. The molecular weight excluding hydrogens is 309 g/mol. The molecule has 1 aromatic rings. The van der Waals surface area contributed by atoms with Gasteiger partial charge in [0.15, 0.2) is 0 Å². The molecule has 0 aliphatic heterocycles. The molecule has 0 aliphatic carbocycles. The minimum atomic E-state index is -4.11. The number of likely N-dealkylation sites (N-methyl/N-ethyl adjacent to an activating group) is 1. The van der Waals surface area contributed by atoms with Gasteiger partial charge in [0, 0.05) is 13.1 Å². The van der Waals surface area contributed by atoms with Crippen LogP contribution in [0, 0.1) is 11.7 Å². The Morgan fingerprint density at radius 3 is 2.41 bits per heavy atom. The lowest BCUT2D eigenvalue weighted by molar-refractivity contribution is -0.123. The van der Waals surface area contributed by atoms with Crippen LogP contribution in [0.5, 0.6) is 0 Å². The summed E-state index contributed by atoms with van der Waals surface area (Å²) in [5.74, 6) is -1.57. The van der Waals surface area contributed by atoms with E-state index in [1.165, 1.54) is 12.1 Å². The van der Waals surface area contributed by atoms with Crippen molar-refractivity contribution >= 4 is 15.9 Å². The van der Waals surface area contributed by atoms with E-state index in [1.807, 2.05) is 0 Å². The van der Waals surface area contributed by atoms with Crippen molar-refractivity contribution < 1.29 is 17.6 Å². The molecule has 1 unspecified atom stereocenters. The number of carbonyl (C=O) groups is 1. The number of rotatable bonds is 8. The van der Waals surface area contributed by atoms with Gasteiger partial charge in [-0.15, -0.1) is 0 Å². The van der Waals surface area contributed by atoms with Crippen LogP contribution in [-0.2, 0) is 14.8 Å².